The van der Waals surface area contributed by atoms with Gasteiger partial charge in [-0.1, -0.05) is 41.4 Å². The predicted molar refractivity (Wildman–Crippen MR) is 129 cm³/mol. The molecule has 166 valence electrons. The summed E-state index contributed by atoms with van der Waals surface area (Å²) >= 11 is 12.2. The molecule has 0 atom stereocenters. The van der Waals surface area contributed by atoms with Crippen LogP contribution in [0.2, 0.25) is 10.0 Å². The van der Waals surface area contributed by atoms with Crippen LogP contribution in [-0.2, 0) is 0 Å². The Balaban J connectivity index is 1.81. The molecule has 0 radical (unpaired) electrons. The minimum Gasteiger partial charge on any atom is -0.453 e. The molecule has 1 heterocycles. The van der Waals surface area contributed by atoms with Gasteiger partial charge < -0.3 is 15.4 Å². The molecule has 2 N–H and O–H groups in total. The van der Waals surface area contributed by atoms with Gasteiger partial charge in [0.15, 0.2) is 11.4 Å². The largest absolute Gasteiger partial charge is 0.453 e. The van der Waals surface area contributed by atoms with Crippen molar-refractivity contribution in [2.45, 2.75) is 0 Å². The van der Waals surface area contributed by atoms with E-state index >= 15 is 0 Å². The van der Waals surface area contributed by atoms with Crippen LogP contribution in [-0.4, -0.2) is 22.7 Å². The first-order valence-electron chi connectivity index (χ1n) is 9.85. The summed E-state index contributed by atoms with van der Waals surface area (Å²) in [7, 11) is 1.55. The first-order valence-corrected chi connectivity index (χ1v) is 10.6. The quantitative estimate of drug-likeness (QED) is 0.384. The molecule has 0 unspecified atom stereocenters. The van der Waals surface area contributed by atoms with Crippen LogP contribution < -0.4 is 20.9 Å². The Kier molecular flexibility index (Phi) is 6.63. The highest BCUT2D eigenvalue weighted by Gasteiger charge is 2.16. The molecule has 0 saturated heterocycles. The predicted octanol–water partition coefficient (Wildman–Crippen LogP) is 5.43. The van der Waals surface area contributed by atoms with Crippen molar-refractivity contribution in [2.24, 2.45) is 0 Å². The zero-order valence-corrected chi connectivity index (χ0v) is 18.9. The first kappa shape index (κ1) is 22.4. The number of benzene rings is 3. The normalized spacial score (nSPS) is 10.5. The number of rotatable bonds is 6. The fourth-order valence-corrected chi connectivity index (χ4v) is 3.47. The van der Waals surface area contributed by atoms with Crippen molar-refractivity contribution < 1.29 is 9.53 Å². The molecule has 9 heteroatoms. The van der Waals surface area contributed by atoms with Crippen LogP contribution in [0.25, 0.3) is 5.69 Å². The molecule has 4 aromatic rings. The van der Waals surface area contributed by atoms with Gasteiger partial charge >= 0.3 is 0 Å². The Bertz CT molecular complexity index is 1390. The van der Waals surface area contributed by atoms with Gasteiger partial charge in [-0.05, 0) is 54.6 Å². The van der Waals surface area contributed by atoms with E-state index in [4.69, 9.17) is 27.9 Å². The Morgan fingerprint density at radius 3 is 2.42 bits per heavy atom. The van der Waals surface area contributed by atoms with Crippen molar-refractivity contribution in [1.82, 2.24) is 15.1 Å². The lowest BCUT2D eigenvalue weighted by molar-refractivity contribution is 0.0963. The maximum Gasteiger partial charge on any atom is 0.299 e. The van der Waals surface area contributed by atoms with Crippen LogP contribution in [0.1, 0.15) is 10.4 Å². The van der Waals surface area contributed by atoms with Crippen LogP contribution in [0, 0.1) is 0 Å². The highest BCUT2D eigenvalue weighted by Crippen LogP contribution is 2.30. The summed E-state index contributed by atoms with van der Waals surface area (Å²) in [4.78, 5) is 25.5. The number of halogens is 2. The molecular weight excluding hydrogens is 463 g/mol. The third-order valence-electron chi connectivity index (χ3n) is 4.64. The molecule has 1 amide bonds. The van der Waals surface area contributed by atoms with E-state index in [1.54, 1.807) is 79.8 Å². The fourth-order valence-electron chi connectivity index (χ4n) is 3.11. The lowest BCUT2D eigenvalue weighted by Gasteiger charge is -2.15. The van der Waals surface area contributed by atoms with Crippen LogP contribution in [0.4, 0.5) is 11.4 Å². The van der Waals surface area contributed by atoms with E-state index in [-0.39, 0.29) is 17.3 Å². The standard InChI is InChI=1S/C24H18Cl2N4O3/c1-27-23(31)15-5-2-8-18(11-15)29-22-21(33-20-10-4-7-17(26)13-20)14-28-30(24(22)32)19-9-3-6-16(25)12-19/h2-14,29H,1H3,(H,27,31). The summed E-state index contributed by atoms with van der Waals surface area (Å²) in [5, 5.41) is 10.9. The molecule has 7 nitrogen and oxygen atoms in total. The summed E-state index contributed by atoms with van der Waals surface area (Å²) < 4.78 is 7.14. The maximum absolute atomic E-state index is 13.4. The Morgan fingerprint density at radius 2 is 1.70 bits per heavy atom. The Morgan fingerprint density at radius 1 is 0.970 bits per heavy atom. The van der Waals surface area contributed by atoms with Gasteiger partial charge in [-0.2, -0.15) is 9.78 Å². The molecule has 33 heavy (non-hydrogen) atoms. The Labute approximate surface area is 199 Å². The molecule has 0 aliphatic rings. The van der Waals surface area contributed by atoms with E-state index in [0.29, 0.717) is 32.7 Å². The van der Waals surface area contributed by atoms with Crippen molar-refractivity contribution in [1.29, 1.82) is 0 Å². The number of carbonyl (C=O) groups is 1. The second kappa shape index (κ2) is 9.77. The van der Waals surface area contributed by atoms with Crippen LogP contribution in [0.15, 0.2) is 83.8 Å². The SMILES string of the molecule is CNC(=O)c1cccc(Nc2c(Oc3cccc(Cl)c3)cnn(-c3cccc(Cl)c3)c2=O)c1. The number of aromatic nitrogens is 2. The molecular formula is C24H18Cl2N4O3. The zero-order valence-electron chi connectivity index (χ0n) is 17.4. The second-order valence-corrected chi connectivity index (χ2v) is 7.80. The summed E-state index contributed by atoms with van der Waals surface area (Å²) in [6.45, 7) is 0. The molecule has 4 rings (SSSR count). The summed E-state index contributed by atoms with van der Waals surface area (Å²) in [6.07, 6.45) is 1.42. The first-order chi connectivity index (χ1) is 15.9. The highest BCUT2D eigenvalue weighted by molar-refractivity contribution is 6.31. The van der Waals surface area contributed by atoms with Crippen LogP contribution in [0.3, 0.4) is 0 Å². The molecule has 0 saturated carbocycles. The van der Waals surface area contributed by atoms with E-state index in [2.05, 4.69) is 15.7 Å². The third kappa shape index (κ3) is 5.16. The monoisotopic (exact) mass is 480 g/mol. The van der Waals surface area contributed by atoms with E-state index in [1.165, 1.54) is 10.9 Å². The average molecular weight is 481 g/mol. The molecule has 1 aromatic heterocycles. The summed E-state index contributed by atoms with van der Waals surface area (Å²) in [6, 6.07) is 20.3. The number of nitrogens with one attached hydrogen (secondary N) is 2. The minimum absolute atomic E-state index is 0.124. The molecule has 0 aliphatic carbocycles. The Hall–Kier alpha value is -3.81. The van der Waals surface area contributed by atoms with Gasteiger partial charge in [-0.15, -0.1) is 0 Å². The number of anilines is 2. The molecule has 0 bridgehead atoms. The number of ether oxygens (including phenoxy) is 1. The van der Waals surface area contributed by atoms with E-state index in [9.17, 15) is 9.59 Å². The van der Waals surface area contributed by atoms with Gasteiger partial charge in [0.2, 0.25) is 0 Å². The van der Waals surface area contributed by atoms with Gasteiger partial charge in [-0.25, -0.2) is 0 Å². The number of amides is 1. The average Bonchev–Trinajstić information content (AvgIpc) is 2.81. The lowest BCUT2D eigenvalue weighted by atomic mass is 10.2. The van der Waals surface area contributed by atoms with Gasteiger partial charge in [-0.3, -0.25) is 9.59 Å². The van der Waals surface area contributed by atoms with Gasteiger partial charge in [0.05, 0.1) is 11.9 Å². The van der Waals surface area contributed by atoms with E-state index in [1.807, 2.05) is 0 Å². The highest BCUT2D eigenvalue weighted by atomic mass is 35.5. The fraction of sp³-hybridized carbons (Fsp3) is 0.0417. The van der Waals surface area contributed by atoms with Crippen molar-refractivity contribution in [3.63, 3.8) is 0 Å². The number of nitrogens with zero attached hydrogens (tertiary/aromatic N) is 2. The molecule has 3 aromatic carbocycles. The summed E-state index contributed by atoms with van der Waals surface area (Å²) in [5.41, 5.74) is 1.10. The van der Waals surface area contributed by atoms with Crippen molar-refractivity contribution in [3.05, 3.63) is 105 Å². The summed E-state index contributed by atoms with van der Waals surface area (Å²) in [5.74, 6) is 0.373. The van der Waals surface area contributed by atoms with Gasteiger partial charge in [0.1, 0.15) is 5.75 Å². The number of hydrogen-bond donors (Lipinski definition) is 2. The van der Waals surface area contributed by atoms with Crippen molar-refractivity contribution >= 4 is 40.5 Å². The van der Waals surface area contributed by atoms with Crippen LogP contribution >= 0.6 is 23.2 Å². The maximum atomic E-state index is 13.4. The van der Waals surface area contributed by atoms with Crippen molar-refractivity contribution in [3.8, 4) is 17.2 Å². The van der Waals surface area contributed by atoms with Crippen LogP contribution in [0.5, 0.6) is 11.5 Å². The van der Waals surface area contributed by atoms with E-state index < -0.39 is 5.56 Å². The van der Waals surface area contributed by atoms with Gasteiger partial charge in [0, 0.05) is 28.3 Å². The van der Waals surface area contributed by atoms with Gasteiger partial charge in [0.25, 0.3) is 11.5 Å². The molecule has 0 spiro atoms. The van der Waals surface area contributed by atoms with Crippen molar-refractivity contribution in [2.75, 3.05) is 12.4 Å². The molecule has 0 aliphatic heterocycles. The third-order valence-corrected chi connectivity index (χ3v) is 5.11. The molecule has 0 fully saturated rings. The van der Waals surface area contributed by atoms with E-state index in [0.717, 1.165) is 0 Å². The number of carbonyl (C=O) groups excluding carboxylic acids is 1. The lowest BCUT2D eigenvalue weighted by Crippen LogP contribution is -2.24. The smallest absolute Gasteiger partial charge is 0.299 e. The topological polar surface area (TPSA) is 85.2 Å². The minimum atomic E-state index is -0.470. The second-order valence-electron chi connectivity index (χ2n) is 6.93. The zero-order chi connectivity index (χ0) is 23.4. The number of hydrogen-bond acceptors (Lipinski definition) is 5.